The highest BCUT2D eigenvalue weighted by Crippen LogP contribution is 2.27. The fourth-order valence-electron chi connectivity index (χ4n) is 1.63. The molecule has 0 aromatic rings. The third-order valence-corrected chi connectivity index (χ3v) is 2.51. The standard InChI is InChI=1S/C12H13N3O/c1-12(2,3)15-8-10-9(11(15)16)4-5-13-6-7-14-10/h4,6H,8H2,1-3H3. The molecule has 0 aliphatic carbocycles. The topological polar surface area (TPSA) is 45.0 Å². The largest absolute Gasteiger partial charge is 0.328 e. The third kappa shape index (κ3) is 1.76. The zero-order valence-electron chi connectivity index (χ0n) is 9.61. The Morgan fingerprint density at radius 1 is 1.38 bits per heavy atom. The van der Waals surface area contributed by atoms with Crippen LogP contribution in [0.15, 0.2) is 33.5 Å². The van der Waals surface area contributed by atoms with Gasteiger partial charge in [-0.3, -0.25) is 4.79 Å². The Hall–Kier alpha value is -1.89. The summed E-state index contributed by atoms with van der Waals surface area (Å²) >= 11 is 0. The predicted molar refractivity (Wildman–Crippen MR) is 62.5 cm³/mol. The first kappa shape index (κ1) is 10.6. The number of hydrogen-bond acceptors (Lipinski definition) is 3. The number of nitrogens with zero attached hydrogens (tertiary/aromatic N) is 3. The van der Waals surface area contributed by atoms with E-state index >= 15 is 0 Å². The zero-order chi connectivity index (χ0) is 11.8. The Labute approximate surface area is 94.4 Å². The molecule has 4 heteroatoms. The first-order chi connectivity index (χ1) is 7.50. The molecule has 82 valence electrons. The number of hydrogen-bond donors (Lipinski definition) is 0. The Morgan fingerprint density at radius 2 is 2.12 bits per heavy atom. The Balaban J connectivity index is 2.43. The van der Waals surface area contributed by atoms with Gasteiger partial charge in [-0.25, -0.2) is 9.98 Å². The van der Waals surface area contributed by atoms with Crippen molar-refractivity contribution in [3.63, 3.8) is 0 Å². The summed E-state index contributed by atoms with van der Waals surface area (Å²) in [5.74, 6) is 5.33. The molecule has 0 radical (unpaired) electrons. The highest BCUT2D eigenvalue weighted by Gasteiger charge is 2.35. The fraction of sp³-hybridized carbons (Fsp3) is 0.417. The Bertz CT molecular complexity index is 493. The van der Waals surface area contributed by atoms with E-state index in [-0.39, 0.29) is 11.4 Å². The van der Waals surface area contributed by atoms with Crippen molar-refractivity contribution in [2.45, 2.75) is 26.3 Å². The van der Waals surface area contributed by atoms with Crippen molar-refractivity contribution >= 4 is 17.6 Å². The summed E-state index contributed by atoms with van der Waals surface area (Å²) < 4.78 is 0. The molecular formula is C12H13N3O. The van der Waals surface area contributed by atoms with Crippen LogP contribution in [0.3, 0.4) is 0 Å². The van der Waals surface area contributed by atoms with Crippen LogP contribution >= 0.6 is 0 Å². The van der Waals surface area contributed by atoms with Crippen LogP contribution in [0, 0.1) is 0 Å². The molecule has 0 bridgehead atoms. The van der Waals surface area contributed by atoms with Gasteiger partial charge in [-0.2, -0.15) is 0 Å². The summed E-state index contributed by atoms with van der Waals surface area (Å²) in [6, 6.07) is 0. The lowest BCUT2D eigenvalue weighted by Crippen LogP contribution is -2.43. The highest BCUT2D eigenvalue weighted by atomic mass is 16.2. The van der Waals surface area contributed by atoms with E-state index in [2.05, 4.69) is 21.7 Å². The summed E-state index contributed by atoms with van der Waals surface area (Å²) in [5, 5.41) is 0. The molecule has 0 N–H and O–H groups in total. The van der Waals surface area contributed by atoms with Crippen LogP contribution in [-0.2, 0) is 4.79 Å². The fourth-order valence-corrected chi connectivity index (χ4v) is 1.63. The quantitative estimate of drug-likeness (QED) is 0.600. The van der Waals surface area contributed by atoms with Gasteiger partial charge < -0.3 is 4.90 Å². The maximum atomic E-state index is 12.1. The number of rotatable bonds is 0. The molecule has 1 amide bonds. The SMILES string of the molecule is CC(C)(C)N1CC2=C(C=C=NC=C=N2)C1=O. The predicted octanol–water partition coefficient (Wildman–Crippen LogP) is 1.30. The second kappa shape index (κ2) is 3.60. The molecule has 0 unspecified atom stereocenters. The van der Waals surface area contributed by atoms with Gasteiger partial charge in [0.25, 0.3) is 5.91 Å². The maximum Gasteiger partial charge on any atom is 0.257 e. The van der Waals surface area contributed by atoms with E-state index in [0.29, 0.717) is 12.1 Å². The number of amides is 1. The highest BCUT2D eigenvalue weighted by molar-refractivity contribution is 6.02. The number of carbonyl (C=O) groups is 1. The normalized spacial score (nSPS) is 19.2. The van der Waals surface area contributed by atoms with Crippen LogP contribution in [0.1, 0.15) is 20.8 Å². The van der Waals surface area contributed by atoms with Crippen molar-refractivity contribution < 1.29 is 4.79 Å². The van der Waals surface area contributed by atoms with Gasteiger partial charge in [0.1, 0.15) is 0 Å². The zero-order valence-corrected chi connectivity index (χ0v) is 9.61. The minimum Gasteiger partial charge on any atom is -0.328 e. The molecule has 2 aliphatic rings. The lowest BCUT2D eigenvalue weighted by atomic mass is 10.1. The summed E-state index contributed by atoms with van der Waals surface area (Å²) in [5.41, 5.74) is 1.10. The van der Waals surface area contributed by atoms with Gasteiger partial charge in [-0.1, -0.05) is 0 Å². The van der Waals surface area contributed by atoms with Crippen LogP contribution < -0.4 is 0 Å². The van der Waals surface area contributed by atoms with Crippen molar-refractivity contribution in [2.75, 3.05) is 6.54 Å². The summed E-state index contributed by atoms with van der Waals surface area (Å²) in [4.78, 5) is 21.8. The van der Waals surface area contributed by atoms with Gasteiger partial charge in [0, 0.05) is 17.5 Å². The summed E-state index contributed by atoms with van der Waals surface area (Å²) in [6.07, 6.45) is 3.02. The first-order valence-electron chi connectivity index (χ1n) is 5.12. The van der Waals surface area contributed by atoms with Gasteiger partial charge in [-0.15, -0.1) is 0 Å². The first-order valence-corrected chi connectivity index (χ1v) is 5.12. The molecule has 4 nitrogen and oxygen atoms in total. The van der Waals surface area contributed by atoms with Gasteiger partial charge in [0.05, 0.1) is 24.0 Å². The maximum absolute atomic E-state index is 12.1. The Kier molecular flexibility index (Phi) is 2.39. The summed E-state index contributed by atoms with van der Waals surface area (Å²) in [7, 11) is 0. The van der Waals surface area contributed by atoms with Crippen molar-refractivity contribution in [1.82, 2.24) is 4.90 Å². The van der Waals surface area contributed by atoms with E-state index in [4.69, 9.17) is 0 Å². The van der Waals surface area contributed by atoms with E-state index in [1.807, 2.05) is 20.8 Å². The van der Waals surface area contributed by atoms with Gasteiger partial charge in [-0.05, 0) is 26.6 Å². The minimum atomic E-state index is -0.206. The molecule has 0 spiro atoms. The monoisotopic (exact) mass is 215 g/mol. The molecule has 0 aromatic carbocycles. The smallest absolute Gasteiger partial charge is 0.257 e. The van der Waals surface area contributed by atoms with Crippen molar-refractivity contribution in [1.29, 1.82) is 0 Å². The molecule has 0 fully saturated rings. The van der Waals surface area contributed by atoms with E-state index in [9.17, 15) is 4.79 Å². The average Bonchev–Trinajstić information content (AvgIpc) is 2.41. The lowest BCUT2D eigenvalue weighted by Gasteiger charge is -2.31. The van der Waals surface area contributed by atoms with Crippen LogP contribution in [-0.4, -0.2) is 34.6 Å². The molecule has 0 aromatic heterocycles. The van der Waals surface area contributed by atoms with Gasteiger partial charge in [0.2, 0.25) is 0 Å². The van der Waals surface area contributed by atoms with Crippen LogP contribution in [0.25, 0.3) is 0 Å². The Morgan fingerprint density at radius 3 is 2.81 bits per heavy atom. The molecule has 0 saturated heterocycles. The van der Waals surface area contributed by atoms with Crippen LogP contribution in [0.2, 0.25) is 0 Å². The second-order valence-electron chi connectivity index (χ2n) is 4.70. The van der Waals surface area contributed by atoms with Crippen LogP contribution in [0.4, 0.5) is 0 Å². The van der Waals surface area contributed by atoms with Crippen LogP contribution in [0.5, 0.6) is 0 Å². The van der Waals surface area contributed by atoms with Crippen molar-refractivity contribution in [3.8, 4) is 0 Å². The number of aliphatic imine (C=N–C) groups is 2. The molecule has 0 saturated carbocycles. The van der Waals surface area contributed by atoms with E-state index in [1.165, 1.54) is 6.20 Å². The summed E-state index contributed by atoms with van der Waals surface area (Å²) in [6.45, 7) is 6.53. The molecule has 2 heterocycles. The molecule has 16 heavy (non-hydrogen) atoms. The average molecular weight is 215 g/mol. The van der Waals surface area contributed by atoms with E-state index in [0.717, 1.165) is 5.70 Å². The molecule has 0 atom stereocenters. The lowest BCUT2D eigenvalue weighted by molar-refractivity contribution is -0.129. The third-order valence-electron chi connectivity index (χ3n) is 2.51. The van der Waals surface area contributed by atoms with E-state index in [1.54, 1.807) is 11.0 Å². The molecule has 2 aliphatic heterocycles. The van der Waals surface area contributed by atoms with Crippen molar-refractivity contribution in [3.05, 3.63) is 23.5 Å². The van der Waals surface area contributed by atoms with Crippen molar-refractivity contribution in [2.24, 2.45) is 9.98 Å². The molecule has 2 rings (SSSR count). The van der Waals surface area contributed by atoms with E-state index < -0.39 is 0 Å². The van der Waals surface area contributed by atoms with Gasteiger partial charge in [0.15, 0.2) is 0 Å². The second-order valence-corrected chi connectivity index (χ2v) is 4.70. The minimum absolute atomic E-state index is 0.0161. The molecular weight excluding hydrogens is 202 g/mol. The van der Waals surface area contributed by atoms with Gasteiger partial charge >= 0.3 is 0 Å². The number of carbonyl (C=O) groups excluding carboxylic acids is 1.